The molecule has 5 heterocycles. The first-order chi connectivity index (χ1) is 30.1. The average Bonchev–Trinajstić information content (AvgIpc) is 4.19. The lowest BCUT2D eigenvalue weighted by Crippen LogP contribution is -2.47. The molecule has 0 bridgehead atoms. The molecular weight excluding hydrogens is 863 g/mol. The molecule has 1 aromatic carbocycles. The number of allylic oxidation sites excluding steroid dienone is 2. The van der Waals surface area contributed by atoms with Crippen molar-refractivity contribution in [3.05, 3.63) is 59.8 Å². The summed E-state index contributed by atoms with van der Waals surface area (Å²) in [6.45, 7) is -0.239. The standard InChI is InChI=1S/C45H51ClF3N5O8S/c1-61-38-15-14-32-33(40(38)46)23-35(34-11-7-8-18-50-34)51-41(32)62-30-22-36-37(55)25-44(43(58)52-63(59,60)31-12-13-31)24-29(44)10-6-4-2-3-5-9-27(42(57)54(36)26-30)21-39(56)53-19-16-28(17-20-53)45(47,48)49/h6-8,10-11,14-15,18,23,27-31,36H,2-5,9,12-13,16-17,19-22,24-26H2,1H3,(H,52,58)/b10-6-/t27-,29-,30-,36+,44-/m1/s1. The van der Waals surface area contributed by atoms with Crippen molar-refractivity contribution in [3.8, 4) is 23.0 Å². The highest BCUT2D eigenvalue weighted by Crippen LogP contribution is 2.57. The second kappa shape index (κ2) is 18.0. The van der Waals surface area contributed by atoms with Gasteiger partial charge in [-0.05, 0) is 87.6 Å². The van der Waals surface area contributed by atoms with Crippen LogP contribution in [0.15, 0.2) is 54.7 Å². The lowest BCUT2D eigenvalue weighted by Gasteiger charge is -2.34. The first-order valence-electron chi connectivity index (χ1n) is 21.7. The van der Waals surface area contributed by atoms with Crippen LogP contribution in [0.2, 0.25) is 5.02 Å². The number of amides is 3. The number of piperidine rings is 1. The molecule has 13 nitrogen and oxygen atoms in total. The maximum atomic E-state index is 14.9. The van der Waals surface area contributed by atoms with Gasteiger partial charge in [0.15, 0.2) is 5.78 Å². The Morgan fingerprint density at radius 3 is 2.48 bits per heavy atom. The molecule has 338 valence electrons. The van der Waals surface area contributed by atoms with E-state index in [1.807, 2.05) is 18.2 Å². The van der Waals surface area contributed by atoms with Crippen molar-refractivity contribution < 1.29 is 50.2 Å². The molecule has 18 heteroatoms. The maximum absolute atomic E-state index is 14.9. The van der Waals surface area contributed by atoms with Gasteiger partial charge in [0.2, 0.25) is 33.6 Å². The summed E-state index contributed by atoms with van der Waals surface area (Å²) < 4.78 is 80.8. The third-order valence-corrected chi connectivity index (χ3v) is 15.6. The van der Waals surface area contributed by atoms with Gasteiger partial charge in [0, 0.05) is 55.2 Å². The van der Waals surface area contributed by atoms with Gasteiger partial charge >= 0.3 is 6.18 Å². The zero-order chi connectivity index (χ0) is 44.7. The van der Waals surface area contributed by atoms with Crippen LogP contribution in [0.1, 0.15) is 83.5 Å². The second-order valence-corrected chi connectivity index (χ2v) is 20.0. The lowest BCUT2D eigenvalue weighted by molar-refractivity contribution is -0.186. The number of hydrogen-bond acceptors (Lipinski definition) is 10. The summed E-state index contributed by atoms with van der Waals surface area (Å²) in [5, 5.41) is 0.734. The van der Waals surface area contributed by atoms with Gasteiger partial charge in [0.25, 0.3) is 0 Å². The molecule has 8 rings (SSSR count). The Morgan fingerprint density at radius 1 is 1.00 bits per heavy atom. The molecule has 63 heavy (non-hydrogen) atoms. The van der Waals surface area contributed by atoms with Crippen molar-refractivity contribution >= 4 is 55.9 Å². The fraction of sp³-hybridized carbons (Fsp3) is 0.556. The van der Waals surface area contributed by atoms with Crippen LogP contribution in [0.3, 0.4) is 0 Å². The van der Waals surface area contributed by atoms with Crippen molar-refractivity contribution in [1.29, 1.82) is 0 Å². The Labute approximate surface area is 369 Å². The third kappa shape index (κ3) is 9.69. The number of ether oxygens (including phenoxy) is 2. The van der Waals surface area contributed by atoms with E-state index in [4.69, 9.17) is 26.1 Å². The molecule has 4 fully saturated rings. The Hall–Kier alpha value is -4.77. The molecule has 5 aliphatic rings. The summed E-state index contributed by atoms with van der Waals surface area (Å²) in [5.74, 6) is -4.29. The van der Waals surface area contributed by atoms with Gasteiger partial charge in [0.05, 0.1) is 52.7 Å². The van der Waals surface area contributed by atoms with Crippen LogP contribution in [0, 0.1) is 23.2 Å². The summed E-state index contributed by atoms with van der Waals surface area (Å²) in [4.78, 5) is 69.5. The minimum absolute atomic E-state index is 0.00432. The molecule has 2 aliphatic carbocycles. The number of nitrogens with zero attached hydrogens (tertiary/aromatic N) is 4. The van der Waals surface area contributed by atoms with E-state index >= 15 is 0 Å². The van der Waals surface area contributed by atoms with Crippen LogP contribution in [0.4, 0.5) is 13.2 Å². The zero-order valence-electron chi connectivity index (χ0n) is 34.9. The van der Waals surface area contributed by atoms with Crippen LogP contribution in [-0.4, -0.2) is 102 Å². The molecule has 1 N–H and O–H groups in total. The molecule has 3 amide bonds. The van der Waals surface area contributed by atoms with E-state index in [0.717, 1.165) is 6.42 Å². The van der Waals surface area contributed by atoms with Crippen LogP contribution in [0.25, 0.3) is 22.2 Å². The number of carbonyl (C=O) groups excluding carboxylic acids is 4. The Balaban J connectivity index is 1.12. The number of halogens is 4. The average molecular weight is 914 g/mol. The second-order valence-electron chi connectivity index (χ2n) is 17.6. The largest absolute Gasteiger partial charge is 0.495 e. The molecule has 2 saturated heterocycles. The van der Waals surface area contributed by atoms with E-state index in [2.05, 4.69) is 9.71 Å². The van der Waals surface area contributed by atoms with E-state index in [1.165, 1.54) is 16.9 Å². The minimum atomic E-state index is -4.36. The number of nitrogens with one attached hydrogen (secondary N) is 1. The monoisotopic (exact) mass is 913 g/mol. The van der Waals surface area contributed by atoms with Gasteiger partial charge in [0.1, 0.15) is 11.9 Å². The molecule has 0 radical (unpaired) electrons. The number of rotatable bonds is 9. The number of benzene rings is 1. The van der Waals surface area contributed by atoms with Gasteiger partial charge in [-0.15, -0.1) is 0 Å². The fourth-order valence-corrected chi connectivity index (χ4v) is 11.1. The topological polar surface area (TPSA) is 165 Å². The van der Waals surface area contributed by atoms with Crippen molar-refractivity contribution in [3.63, 3.8) is 0 Å². The van der Waals surface area contributed by atoms with E-state index in [0.29, 0.717) is 71.5 Å². The van der Waals surface area contributed by atoms with Gasteiger partial charge in [-0.25, -0.2) is 13.4 Å². The number of fused-ring (bicyclic) bond motifs is 3. The molecule has 0 unspecified atom stereocenters. The quantitative estimate of drug-likeness (QED) is 0.217. The first kappa shape index (κ1) is 44.8. The molecule has 5 atom stereocenters. The number of methoxy groups -OCH3 is 1. The summed E-state index contributed by atoms with van der Waals surface area (Å²) in [5.41, 5.74) is -0.373. The molecule has 0 spiro atoms. The van der Waals surface area contributed by atoms with Gasteiger partial charge < -0.3 is 19.3 Å². The number of aromatic nitrogens is 2. The van der Waals surface area contributed by atoms with Crippen molar-refractivity contribution in [2.45, 2.75) is 107 Å². The lowest BCUT2D eigenvalue weighted by atomic mass is 9.90. The summed E-state index contributed by atoms with van der Waals surface area (Å²) >= 11 is 6.83. The highest BCUT2D eigenvalue weighted by molar-refractivity contribution is 7.90. The Kier molecular flexibility index (Phi) is 12.8. The van der Waals surface area contributed by atoms with Crippen LogP contribution < -0.4 is 14.2 Å². The number of alkyl halides is 3. The molecule has 3 aromatic rings. The van der Waals surface area contributed by atoms with E-state index < -0.39 is 80.3 Å². The first-order valence-corrected chi connectivity index (χ1v) is 23.7. The predicted molar refractivity (Wildman–Crippen MR) is 227 cm³/mol. The maximum Gasteiger partial charge on any atom is 0.391 e. The normalized spacial score (nSPS) is 26.9. The molecule has 2 saturated carbocycles. The van der Waals surface area contributed by atoms with Crippen molar-refractivity contribution in [1.82, 2.24) is 24.5 Å². The van der Waals surface area contributed by atoms with E-state index in [1.54, 1.807) is 36.5 Å². The van der Waals surface area contributed by atoms with Gasteiger partial charge in [-0.1, -0.05) is 42.7 Å². The minimum Gasteiger partial charge on any atom is -0.495 e. The molecule has 3 aliphatic heterocycles. The van der Waals surface area contributed by atoms with Gasteiger partial charge in [-0.3, -0.25) is 28.9 Å². The molecular formula is C45H51ClF3N5O8S. The predicted octanol–water partition coefficient (Wildman–Crippen LogP) is 7.21. The number of likely N-dealkylation sites (tertiary alicyclic amines) is 1. The number of sulfonamides is 1. The van der Waals surface area contributed by atoms with Gasteiger partial charge in [-0.2, -0.15) is 13.2 Å². The summed E-state index contributed by atoms with van der Waals surface area (Å²) in [6.07, 6.45) is 3.40. The fourth-order valence-electron chi connectivity index (χ4n) is 9.41. The van der Waals surface area contributed by atoms with Crippen molar-refractivity contribution in [2.75, 3.05) is 26.7 Å². The van der Waals surface area contributed by atoms with Crippen LogP contribution in [-0.2, 0) is 29.2 Å². The van der Waals surface area contributed by atoms with Crippen LogP contribution >= 0.6 is 11.6 Å². The smallest absolute Gasteiger partial charge is 0.391 e. The van der Waals surface area contributed by atoms with Crippen LogP contribution in [0.5, 0.6) is 11.6 Å². The Bertz CT molecular complexity index is 2390. The number of ketones is 1. The highest BCUT2D eigenvalue weighted by atomic mass is 35.5. The van der Waals surface area contributed by atoms with E-state index in [-0.39, 0.29) is 64.0 Å². The van der Waals surface area contributed by atoms with E-state index in [9.17, 15) is 40.8 Å². The van der Waals surface area contributed by atoms with Crippen molar-refractivity contribution in [2.24, 2.45) is 23.2 Å². The Morgan fingerprint density at radius 2 is 1.78 bits per heavy atom. The SMILES string of the molecule is COc1ccc2c(O[C@@H]3C[C@H]4C(=O)C[C@]5(C(=O)NS(=O)(=O)C6CC6)C[C@H]5/C=C\CCCCC[C@H](CC(=O)N5CCC(C(F)(F)F)CC5)C(=O)N4C3)nc(-c3ccccn3)cc2c1Cl. The summed E-state index contributed by atoms with van der Waals surface area (Å²) in [6, 6.07) is 9.42. The number of hydrogen-bond donors (Lipinski definition) is 1. The molecule has 2 aromatic heterocycles. The third-order valence-electron chi connectivity index (χ3n) is 13.4. The number of Topliss-reactive ketones (excluding diaryl/α,β-unsaturated/α-hetero) is 1. The number of pyridine rings is 2. The zero-order valence-corrected chi connectivity index (χ0v) is 36.5. The highest BCUT2D eigenvalue weighted by Gasteiger charge is 2.61. The number of carbonyl (C=O) groups is 4. The summed E-state index contributed by atoms with van der Waals surface area (Å²) in [7, 11) is -2.43.